The molecule has 0 aliphatic carbocycles. The van der Waals surface area contributed by atoms with Gasteiger partial charge in [0.2, 0.25) is 6.54 Å². The third-order valence-corrected chi connectivity index (χ3v) is 24.4. The Morgan fingerprint density at radius 3 is 1.34 bits per heavy atom. The van der Waals surface area contributed by atoms with Gasteiger partial charge in [-0.1, -0.05) is 62.3 Å². The van der Waals surface area contributed by atoms with Crippen LogP contribution in [0.15, 0.2) is 0 Å². The minimum atomic E-state index is -2.15. The lowest BCUT2D eigenvalue weighted by Gasteiger charge is -2.52. The van der Waals surface area contributed by atoms with Gasteiger partial charge >= 0.3 is 0 Å². The van der Waals surface area contributed by atoms with Crippen molar-refractivity contribution in [3.63, 3.8) is 0 Å². The van der Waals surface area contributed by atoms with Crippen LogP contribution in [0.3, 0.4) is 0 Å². The lowest BCUT2D eigenvalue weighted by molar-refractivity contribution is -0.498. The lowest BCUT2D eigenvalue weighted by atomic mass is 9.95. The molecule has 0 radical (unpaired) electrons. The average Bonchev–Trinajstić information content (AvgIpc) is 2.94. The summed E-state index contributed by atoms with van der Waals surface area (Å²) in [4.78, 5) is 11.6. The number of rotatable bonds is 20. The van der Waals surface area contributed by atoms with Gasteiger partial charge in [-0.15, -0.1) is 0 Å². The quantitative estimate of drug-likeness (QED) is 0.0412. The number of hydrogen-bond donors (Lipinski definition) is 0. The van der Waals surface area contributed by atoms with E-state index >= 15 is 0 Å². The van der Waals surface area contributed by atoms with E-state index in [1.807, 2.05) is 0 Å². The van der Waals surface area contributed by atoms with E-state index in [1.54, 1.807) is 0 Å². The first-order chi connectivity index (χ1) is 18.1. The molecular weight excluding hydrogens is 668 g/mol. The largest absolute Gasteiger partial charge is 0.409 e. The summed E-state index contributed by atoms with van der Waals surface area (Å²) in [6.07, 6.45) is -2.42. The van der Waals surface area contributed by atoms with Gasteiger partial charge in [0, 0.05) is 4.92 Å². The minimum absolute atomic E-state index is 0.266. The summed E-state index contributed by atoms with van der Waals surface area (Å²) in [5, 5.41) is 11.9. The molecule has 13 heteroatoms. The topological polar surface area (TPSA) is 89.3 Å². The first-order valence-corrected chi connectivity index (χ1v) is 26.5. The van der Waals surface area contributed by atoms with E-state index in [2.05, 4.69) is 84.4 Å². The Hall–Kier alpha value is 1.01. The fourth-order valence-electron chi connectivity index (χ4n) is 5.82. The molecule has 0 N–H and O–H groups in total. The summed E-state index contributed by atoms with van der Waals surface area (Å²) in [7, 11) is -6.35. The summed E-state index contributed by atoms with van der Waals surface area (Å²) >= 11 is 2.21. The highest BCUT2D eigenvalue weighted by molar-refractivity contribution is 14.2. The Morgan fingerprint density at radius 2 is 1.03 bits per heavy atom. The van der Waals surface area contributed by atoms with E-state index in [0.717, 1.165) is 54.4 Å². The van der Waals surface area contributed by atoms with Crippen molar-refractivity contribution in [1.29, 1.82) is 0 Å². The normalized spacial score (nSPS) is 25.4. The van der Waals surface area contributed by atoms with Crippen molar-refractivity contribution in [1.82, 2.24) is 0 Å². The maximum absolute atomic E-state index is 11.9. The van der Waals surface area contributed by atoms with E-state index in [9.17, 15) is 10.1 Å². The zero-order chi connectivity index (χ0) is 29.0. The van der Waals surface area contributed by atoms with Gasteiger partial charge in [-0.3, -0.25) is 10.1 Å². The van der Waals surface area contributed by atoms with Gasteiger partial charge in [0.15, 0.2) is 25.0 Å². The molecule has 6 atom stereocenters. The minimum Gasteiger partial charge on any atom is -0.409 e. The van der Waals surface area contributed by atoms with Crippen LogP contribution in [0.5, 0.6) is 0 Å². The van der Waals surface area contributed by atoms with Crippen LogP contribution in [0.1, 0.15) is 62.3 Å². The van der Waals surface area contributed by atoms with Crippen LogP contribution in [0, 0.1) is 10.1 Å². The maximum Gasteiger partial charge on any atom is 0.232 e. The Kier molecular flexibility index (Phi) is 17.4. The van der Waals surface area contributed by atoms with Crippen molar-refractivity contribution in [3.8, 4) is 0 Å². The van der Waals surface area contributed by atoms with Crippen LogP contribution in [0.4, 0.5) is 0 Å². The van der Waals surface area contributed by atoms with Crippen LogP contribution in [-0.2, 0) is 22.5 Å². The fourth-order valence-corrected chi connectivity index (χ4v) is 15.2. The first kappa shape index (κ1) is 37.0. The van der Waals surface area contributed by atoms with E-state index in [4.69, 9.17) is 22.5 Å². The molecular formula is C25H55INO7PSi3. The lowest BCUT2D eigenvalue weighted by Crippen LogP contribution is -2.68. The van der Waals surface area contributed by atoms with Crippen LogP contribution in [-0.4, -0.2) is 73.5 Å². The molecule has 0 amide bonds. The summed E-state index contributed by atoms with van der Waals surface area (Å²) in [5.74, 6) is 0. The van der Waals surface area contributed by atoms with Crippen molar-refractivity contribution in [2.45, 2.75) is 147 Å². The summed E-state index contributed by atoms with van der Waals surface area (Å²) in [6, 6.07) is 8.85. The van der Waals surface area contributed by atoms with Crippen molar-refractivity contribution in [3.05, 3.63) is 10.1 Å². The van der Waals surface area contributed by atoms with Crippen LogP contribution >= 0.6 is 28.5 Å². The maximum atomic E-state index is 11.9. The van der Waals surface area contributed by atoms with Crippen molar-refractivity contribution < 1.29 is 27.5 Å². The van der Waals surface area contributed by atoms with E-state index in [0.29, 0.717) is 6.61 Å². The van der Waals surface area contributed by atoms with Crippen LogP contribution < -0.4 is 0 Å². The summed E-state index contributed by atoms with van der Waals surface area (Å²) in [6.45, 7) is 20.2. The third-order valence-electron chi connectivity index (χ3n) is 9.32. The molecule has 0 saturated carbocycles. The molecule has 0 aromatic rings. The second-order valence-corrected chi connectivity index (χ2v) is 26.5. The van der Waals surface area contributed by atoms with Gasteiger partial charge in [0.1, 0.15) is 30.5 Å². The molecule has 38 heavy (non-hydrogen) atoms. The van der Waals surface area contributed by atoms with Gasteiger partial charge < -0.3 is 22.5 Å². The number of nitrogens with zero attached hydrogens (tertiary/aromatic N) is 1. The number of halogens is 1. The second-order valence-electron chi connectivity index (χ2n) is 10.6. The molecule has 0 spiro atoms. The predicted octanol–water partition coefficient (Wildman–Crippen LogP) is 8.16. The van der Waals surface area contributed by atoms with Crippen molar-refractivity contribution >= 4 is 53.4 Å². The molecule has 0 bridgehead atoms. The third kappa shape index (κ3) is 9.52. The highest BCUT2D eigenvalue weighted by atomic mass is 127. The van der Waals surface area contributed by atoms with E-state index in [-0.39, 0.29) is 24.0 Å². The highest BCUT2D eigenvalue weighted by Gasteiger charge is 2.55. The van der Waals surface area contributed by atoms with Crippen molar-refractivity contribution in [2.75, 3.05) is 13.2 Å². The molecule has 1 unspecified atom stereocenters. The molecule has 226 valence electrons. The van der Waals surface area contributed by atoms with Crippen LogP contribution in [0.2, 0.25) is 54.4 Å². The molecule has 8 nitrogen and oxygen atoms in total. The zero-order valence-electron chi connectivity index (χ0n) is 25.3. The van der Waals surface area contributed by atoms with E-state index in [1.165, 1.54) is 0 Å². The summed E-state index contributed by atoms with van der Waals surface area (Å²) in [5.41, 5.74) is 0. The number of ether oxygens (including phenoxy) is 1. The van der Waals surface area contributed by atoms with Gasteiger partial charge in [-0.2, -0.15) is 0 Å². The Morgan fingerprint density at radius 1 is 0.684 bits per heavy atom. The first-order valence-electron chi connectivity index (χ1n) is 14.8. The average molecular weight is 724 g/mol. The Bertz CT molecular complexity index is 663. The fraction of sp³-hybridized carbons (Fsp3) is 1.00. The van der Waals surface area contributed by atoms with Crippen molar-refractivity contribution in [2.24, 2.45) is 0 Å². The SMILES string of the molecule is CC[Si](CC)(CC)O[C@@H]1[C@@H](O[Si](CC)(CC)CC)[C@H](C[N+](=O)[O-])O[C@H](COPI)[C@@H]1O[Si](CC)(CC)CC. The molecule has 0 aromatic carbocycles. The predicted molar refractivity (Wildman–Crippen MR) is 175 cm³/mol. The number of hydrogen-bond acceptors (Lipinski definition) is 7. The number of nitro groups is 1. The molecule has 1 saturated heterocycles. The molecule has 1 fully saturated rings. The monoisotopic (exact) mass is 723 g/mol. The second kappa shape index (κ2) is 17.8. The van der Waals surface area contributed by atoms with E-state index < -0.39 is 49.4 Å². The highest BCUT2D eigenvalue weighted by Crippen LogP contribution is 2.40. The molecule has 1 heterocycles. The molecule has 1 rings (SSSR count). The Balaban J connectivity index is 3.82. The molecule has 1 aliphatic rings. The summed E-state index contributed by atoms with van der Waals surface area (Å²) < 4.78 is 34.2. The van der Waals surface area contributed by atoms with Gasteiger partial charge in [-0.25, -0.2) is 0 Å². The smallest absolute Gasteiger partial charge is 0.232 e. The molecule has 1 aliphatic heterocycles. The van der Waals surface area contributed by atoms with Gasteiger partial charge in [-0.05, 0) is 76.4 Å². The van der Waals surface area contributed by atoms with Gasteiger partial charge in [0.25, 0.3) is 0 Å². The van der Waals surface area contributed by atoms with Crippen LogP contribution in [0.25, 0.3) is 0 Å². The standard InChI is InChI=1S/C25H55INO7PSi3/c1-10-36(11-2,12-3)32-23-21(19-27(28)29)31-22(20-30-35-26)24(33-37(13-4,14-5)15-6)25(23)34-38(16-7,17-8)18-9/h21-25,35H,10-20H2,1-9H3/t21-,22+,23-,24-,25+/m0/s1. The Labute approximate surface area is 250 Å². The zero-order valence-corrected chi connectivity index (χ0v) is 31.5. The van der Waals surface area contributed by atoms with Gasteiger partial charge in [0.05, 0.1) is 13.1 Å². The molecule has 0 aromatic heterocycles.